The smallest absolute Gasteiger partial charge is 0.319 e. The summed E-state index contributed by atoms with van der Waals surface area (Å²) in [5.74, 6) is 1.45. The molecule has 0 unspecified atom stereocenters. The molecule has 2 aliphatic heterocycles. The third-order valence-corrected chi connectivity index (χ3v) is 13.1. The second-order valence-electron chi connectivity index (χ2n) is 17.8. The zero-order valence-corrected chi connectivity index (χ0v) is 41.5. The Balaban J connectivity index is 0.000000176. The predicted molar refractivity (Wildman–Crippen MR) is 269 cm³/mol. The summed E-state index contributed by atoms with van der Waals surface area (Å²) in [5.41, 5.74) is 4.43. The van der Waals surface area contributed by atoms with Gasteiger partial charge in [0.25, 0.3) is 17.4 Å². The molecule has 1 aliphatic carbocycles. The predicted octanol–water partition coefficient (Wildman–Crippen LogP) is 7.49. The number of aromatic nitrogens is 9. The normalized spacial score (nSPS) is 15.9. The first-order chi connectivity index (χ1) is 33.8. The van der Waals surface area contributed by atoms with Gasteiger partial charge in [-0.2, -0.15) is 9.97 Å². The second kappa shape index (κ2) is 20.1. The number of aryl methyl sites for hydroxylation is 1. The van der Waals surface area contributed by atoms with Crippen molar-refractivity contribution in [2.24, 2.45) is 7.05 Å². The van der Waals surface area contributed by atoms with Crippen molar-refractivity contribution in [2.45, 2.75) is 57.7 Å². The number of pyridine rings is 2. The van der Waals surface area contributed by atoms with Gasteiger partial charge in [0.1, 0.15) is 34.7 Å². The molecule has 2 fully saturated rings. The summed E-state index contributed by atoms with van der Waals surface area (Å²) in [6.45, 7) is 7.92. The Hall–Kier alpha value is -7.09. The monoisotopic (exact) mass is 988 g/mol. The average molecular weight is 990 g/mol. The van der Waals surface area contributed by atoms with Crippen molar-refractivity contribution >= 4 is 69.2 Å². The molecule has 1 aromatic carbocycles. The van der Waals surface area contributed by atoms with E-state index < -0.39 is 11.9 Å². The molecule has 8 heterocycles. The molecule has 2 amide bonds. The van der Waals surface area contributed by atoms with Crippen LogP contribution in [0, 0.1) is 0 Å². The van der Waals surface area contributed by atoms with Crippen LogP contribution in [-0.4, -0.2) is 115 Å². The van der Waals surface area contributed by atoms with Crippen molar-refractivity contribution in [1.29, 1.82) is 0 Å². The lowest BCUT2D eigenvalue weighted by Gasteiger charge is -2.29. The number of amides is 2. The van der Waals surface area contributed by atoms with Crippen LogP contribution in [0.5, 0.6) is 11.9 Å². The minimum atomic E-state index is -0.685. The van der Waals surface area contributed by atoms with Gasteiger partial charge in [0.2, 0.25) is 11.8 Å². The lowest BCUT2D eigenvalue weighted by atomic mass is 10.0. The van der Waals surface area contributed by atoms with Crippen LogP contribution < -0.4 is 35.5 Å². The number of halogens is 2. The number of carbonyl (C=O) groups is 2. The highest BCUT2D eigenvalue weighted by Crippen LogP contribution is 2.45. The van der Waals surface area contributed by atoms with E-state index in [9.17, 15) is 14.4 Å². The lowest BCUT2D eigenvalue weighted by Crippen LogP contribution is -2.43. The van der Waals surface area contributed by atoms with Gasteiger partial charge in [-0.1, -0.05) is 48.2 Å². The number of rotatable bonds is 11. The van der Waals surface area contributed by atoms with Gasteiger partial charge in [0.15, 0.2) is 5.69 Å². The highest BCUT2D eigenvalue weighted by atomic mass is 35.5. The fourth-order valence-corrected chi connectivity index (χ4v) is 9.77. The molecule has 10 rings (SSSR count). The number of hydrogen-bond acceptors (Lipinski definition) is 14. The maximum absolute atomic E-state index is 14.0. The number of imidazole rings is 1. The Labute approximate surface area is 414 Å². The van der Waals surface area contributed by atoms with E-state index in [4.69, 9.17) is 42.6 Å². The number of nitrogens with zero attached hydrogens (tertiary/aromatic N) is 12. The SMILES string of the molecule is CN(C)C(=O)c1cc2cnc(Nc3ccc(N4CCNCC4)cn3)nc2n1C1CCCC1.COc1ncc(-c2nc3c(n2C(C)C)[C@H](c2ccc(Cl)cc2)N(c2cc(Cl)cn(C)c2=O)C3=O)c(OC)n1. The lowest BCUT2D eigenvalue weighted by molar-refractivity contribution is 0.0815. The molecule has 7 aromatic rings. The minimum absolute atomic E-state index is 0.00502. The first kappa shape index (κ1) is 48.0. The Morgan fingerprint density at radius 3 is 2.29 bits per heavy atom. The van der Waals surface area contributed by atoms with Gasteiger partial charge in [-0.15, -0.1) is 0 Å². The highest BCUT2D eigenvalue weighted by Gasteiger charge is 2.46. The van der Waals surface area contributed by atoms with Gasteiger partial charge >= 0.3 is 6.01 Å². The number of hydrogen-bond donors (Lipinski definition) is 2. The molecule has 6 aromatic heterocycles. The molecule has 3 aliphatic rings. The molecule has 0 spiro atoms. The number of fused-ring (bicyclic) bond motifs is 2. The summed E-state index contributed by atoms with van der Waals surface area (Å²) in [6.07, 6.45) is 11.2. The summed E-state index contributed by atoms with van der Waals surface area (Å²) in [7, 11) is 8.10. The summed E-state index contributed by atoms with van der Waals surface area (Å²) in [6, 6.07) is 14.2. The van der Waals surface area contributed by atoms with Crippen molar-refractivity contribution in [3.05, 3.63) is 116 Å². The van der Waals surface area contributed by atoms with Crippen molar-refractivity contribution in [3.63, 3.8) is 0 Å². The Morgan fingerprint density at radius 1 is 0.886 bits per heavy atom. The molecule has 21 heteroatoms. The zero-order valence-electron chi connectivity index (χ0n) is 40.0. The molecule has 70 heavy (non-hydrogen) atoms. The zero-order chi connectivity index (χ0) is 49.4. The standard InChI is InChI=1S/C26H24Cl2N6O4.C23H30N8O/c1-13(2)33-21-19(30-22(33)17-11-29-26(38-5)31-23(17)37-4)25(36)34(18-10-16(28)12-32(3)24(18)35)20(21)14-6-8-15(27)9-7-14;1-29(2)22(32)19-13-16-14-26-23(28-21(16)31(19)17-5-3-4-6-17)27-20-8-7-18(15-25-20)30-11-9-24-10-12-30/h6-13,20H,1-5H3;7-8,13-15,17,24H,3-6,9-12H2,1-2H3,(H,25,26,27,28)/t20-;/m0./s1. The first-order valence-electron chi connectivity index (χ1n) is 23.1. The number of piperazine rings is 1. The van der Waals surface area contributed by atoms with Crippen LogP contribution in [0.3, 0.4) is 0 Å². The van der Waals surface area contributed by atoms with E-state index in [2.05, 4.69) is 46.1 Å². The van der Waals surface area contributed by atoms with E-state index >= 15 is 0 Å². The van der Waals surface area contributed by atoms with Crippen molar-refractivity contribution in [3.8, 4) is 23.3 Å². The topological polar surface area (TPSA) is 196 Å². The summed E-state index contributed by atoms with van der Waals surface area (Å²) < 4.78 is 16.1. The van der Waals surface area contributed by atoms with Crippen LogP contribution in [0.2, 0.25) is 10.0 Å². The van der Waals surface area contributed by atoms with Gasteiger partial charge in [-0.05, 0) is 68.7 Å². The molecule has 0 radical (unpaired) electrons. The number of nitrogens with one attached hydrogen (secondary N) is 2. The van der Waals surface area contributed by atoms with E-state index in [0.29, 0.717) is 50.6 Å². The van der Waals surface area contributed by atoms with Crippen LogP contribution in [0.1, 0.15) is 89.9 Å². The summed E-state index contributed by atoms with van der Waals surface area (Å²) in [4.78, 5) is 72.7. The van der Waals surface area contributed by atoms with E-state index in [1.54, 1.807) is 50.6 Å². The Morgan fingerprint density at radius 2 is 1.63 bits per heavy atom. The third kappa shape index (κ3) is 9.23. The quantitative estimate of drug-likeness (QED) is 0.129. The Kier molecular flexibility index (Phi) is 13.8. The molecule has 19 nitrogen and oxygen atoms in total. The molecule has 1 atom stereocenters. The van der Waals surface area contributed by atoms with E-state index in [0.717, 1.165) is 61.3 Å². The van der Waals surface area contributed by atoms with Crippen LogP contribution in [-0.2, 0) is 7.05 Å². The molecular weight excluding hydrogens is 936 g/mol. The van der Waals surface area contributed by atoms with Gasteiger partial charge in [-0.3, -0.25) is 19.3 Å². The largest absolute Gasteiger partial charge is 0.480 e. The van der Waals surface area contributed by atoms with E-state index in [-0.39, 0.29) is 40.8 Å². The third-order valence-electron chi connectivity index (χ3n) is 12.7. The van der Waals surface area contributed by atoms with Crippen molar-refractivity contribution in [2.75, 3.05) is 69.6 Å². The minimum Gasteiger partial charge on any atom is -0.480 e. The van der Waals surface area contributed by atoms with E-state index in [1.165, 1.54) is 48.8 Å². The number of benzene rings is 1. The molecule has 0 bridgehead atoms. The van der Waals surface area contributed by atoms with Crippen molar-refractivity contribution < 1.29 is 19.1 Å². The summed E-state index contributed by atoms with van der Waals surface area (Å²) >= 11 is 12.5. The fraction of sp³-hybridized carbons (Fsp3) is 0.367. The highest BCUT2D eigenvalue weighted by molar-refractivity contribution is 6.31. The van der Waals surface area contributed by atoms with Crippen LogP contribution >= 0.6 is 23.2 Å². The summed E-state index contributed by atoms with van der Waals surface area (Å²) in [5, 5.41) is 8.35. The maximum Gasteiger partial charge on any atom is 0.319 e. The van der Waals surface area contributed by atoms with Gasteiger partial charge in [0.05, 0.1) is 42.4 Å². The van der Waals surface area contributed by atoms with Crippen LogP contribution in [0.15, 0.2) is 78.1 Å². The van der Waals surface area contributed by atoms with Gasteiger partial charge < -0.3 is 43.6 Å². The fourth-order valence-electron chi connectivity index (χ4n) is 9.39. The van der Waals surface area contributed by atoms with Crippen LogP contribution in [0.4, 0.5) is 23.1 Å². The first-order valence-corrected chi connectivity index (χ1v) is 23.8. The van der Waals surface area contributed by atoms with Gasteiger partial charge in [0, 0.05) is 88.4 Å². The second-order valence-corrected chi connectivity index (χ2v) is 18.6. The van der Waals surface area contributed by atoms with E-state index in [1.807, 2.05) is 48.9 Å². The maximum atomic E-state index is 14.0. The molecule has 1 saturated carbocycles. The van der Waals surface area contributed by atoms with Crippen LogP contribution in [0.25, 0.3) is 22.4 Å². The molecule has 364 valence electrons. The number of anilines is 4. The molecular formula is C49H54Cl2N14O5. The molecule has 2 N–H and O–H groups in total. The van der Waals surface area contributed by atoms with Gasteiger partial charge in [-0.25, -0.2) is 19.9 Å². The number of ether oxygens (including phenoxy) is 2. The Bertz CT molecular complexity index is 3120. The molecule has 1 saturated heterocycles. The number of methoxy groups -OCH3 is 2. The number of carbonyl (C=O) groups excluding carboxylic acids is 2. The van der Waals surface area contributed by atoms with Crippen molar-refractivity contribution in [1.82, 2.24) is 53.8 Å². The average Bonchev–Trinajstić information content (AvgIpc) is 4.17.